The van der Waals surface area contributed by atoms with Crippen LogP contribution in [0.1, 0.15) is 24.1 Å². The van der Waals surface area contributed by atoms with Crippen molar-refractivity contribution in [3.8, 4) is 0 Å². The van der Waals surface area contributed by atoms with Crippen molar-refractivity contribution in [2.45, 2.75) is 13.0 Å². The molecule has 7 heteroatoms. The van der Waals surface area contributed by atoms with E-state index in [1.165, 1.54) is 6.08 Å². The molecule has 1 atom stereocenters. The van der Waals surface area contributed by atoms with Gasteiger partial charge in [-0.2, -0.15) is 0 Å². The van der Waals surface area contributed by atoms with Crippen LogP contribution in [0.5, 0.6) is 0 Å². The second-order valence-corrected chi connectivity index (χ2v) is 8.19. The Morgan fingerprint density at radius 1 is 1.16 bits per heavy atom. The Morgan fingerprint density at radius 2 is 1.88 bits per heavy atom. The van der Waals surface area contributed by atoms with Crippen LogP contribution in [0.2, 0.25) is 0 Å². The predicted molar refractivity (Wildman–Crippen MR) is 105 cm³/mol. The molecule has 0 aliphatic carbocycles. The lowest BCUT2D eigenvalue weighted by atomic mass is 10.1. The zero-order valence-corrected chi connectivity index (χ0v) is 16.3. The van der Waals surface area contributed by atoms with Gasteiger partial charge in [0.05, 0.1) is 12.3 Å². The summed E-state index contributed by atoms with van der Waals surface area (Å²) in [5.74, 6) is -0.232. The Hall–Kier alpha value is -2.12. The molecule has 2 aromatic rings. The molecule has 0 bridgehead atoms. The lowest BCUT2D eigenvalue weighted by Gasteiger charge is -2.14. The predicted octanol–water partition coefficient (Wildman–Crippen LogP) is 3.71. The van der Waals surface area contributed by atoms with E-state index in [9.17, 15) is 13.2 Å². The van der Waals surface area contributed by atoms with Crippen molar-refractivity contribution in [1.82, 2.24) is 5.32 Å². The Kier molecular flexibility index (Phi) is 6.39. The second kappa shape index (κ2) is 8.31. The minimum Gasteiger partial charge on any atom is -0.346 e. The van der Waals surface area contributed by atoms with Crippen LogP contribution in [0.3, 0.4) is 0 Å². The molecule has 2 N–H and O–H groups in total. The number of nitrogens with one attached hydrogen (secondary N) is 2. The Bertz CT molecular complexity index is 895. The van der Waals surface area contributed by atoms with Crippen molar-refractivity contribution < 1.29 is 13.2 Å². The Morgan fingerprint density at radius 3 is 2.56 bits per heavy atom. The first kappa shape index (κ1) is 19.2. The third kappa shape index (κ3) is 6.36. The van der Waals surface area contributed by atoms with Crippen LogP contribution in [0.4, 0.5) is 5.69 Å². The number of amides is 1. The highest BCUT2D eigenvalue weighted by Crippen LogP contribution is 2.19. The van der Waals surface area contributed by atoms with E-state index in [0.29, 0.717) is 5.69 Å². The van der Waals surface area contributed by atoms with Crippen molar-refractivity contribution in [2.24, 2.45) is 0 Å². The number of carbonyl (C=O) groups is 1. The van der Waals surface area contributed by atoms with Crippen molar-refractivity contribution in [2.75, 3.05) is 11.0 Å². The van der Waals surface area contributed by atoms with Gasteiger partial charge in [-0.25, -0.2) is 8.42 Å². The zero-order valence-electron chi connectivity index (χ0n) is 13.9. The molecule has 1 amide bonds. The van der Waals surface area contributed by atoms with E-state index in [2.05, 4.69) is 26.0 Å². The van der Waals surface area contributed by atoms with Gasteiger partial charge in [0.25, 0.3) is 0 Å². The van der Waals surface area contributed by atoms with E-state index < -0.39 is 10.0 Å². The van der Waals surface area contributed by atoms with Gasteiger partial charge in [0, 0.05) is 16.2 Å². The molecular formula is C18H19BrN2O3S. The molecule has 0 saturated carbocycles. The molecule has 0 aliphatic heterocycles. The quantitative estimate of drug-likeness (QED) is 0.696. The van der Waals surface area contributed by atoms with Crippen LogP contribution in [0, 0.1) is 0 Å². The van der Waals surface area contributed by atoms with Gasteiger partial charge in [-0.05, 0) is 42.3 Å². The molecule has 132 valence electrons. The summed E-state index contributed by atoms with van der Waals surface area (Å²) in [6, 6.07) is 14.3. The van der Waals surface area contributed by atoms with Gasteiger partial charge in [-0.3, -0.25) is 9.52 Å². The van der Waals surface area contributed by atoms with Crippen molar-refractivity contribution in [3.63, 3.8) is 0 Å². The summed E-state index contributed by atoms with van der Waals surface area (Å²) >= 11 is 3.43. The molecule has 25 heavy (non-hydrogen) atoms. The second-order valence-electron chi connectivity index (χ2n) is 5.58. The smallest absolute Gasteiger partial charge is 0.244 e. The molecular weight excluding hydrogens is 404 g/mol. The summed E-state index contributed by atoms with van der Waals surface area (Å²) in [5, 5.41) is 2.86. The standard InChI is InChI=1S/C18H19BrN2O3S/c1-13(15-7-5-8-16(12-15)21-25(2,23)24)20-18(22)11-10-14-6-3-4-9-17(14)19/h3-13,21H,1-2H3,(H,20,22)/b11-10+. The summed E-state index contributed by atoms with van der Waals surface area (Å²) in [4.78, 5) is 12.1. The highest BCUT2D eigenvalue weighted by molar-refractivity contribution is 9.10. The topological polar surface area (TPSA) is 75.3 Å². The first-order valence-corrected chi connectivity index (χ1v) is 10.2. The van der Waals surface area contributed by atoms with Crippen LogP contribution >= 0.6 is 15.9 Å². The Labute approximate surface area is 156 Å². The van der Waals surface area contributed by atoms with Gasteiger partial charge in [0.2, 0.25) is 15.9 Å². The fraction of sp³-hybridized carbons (Fsp3) is 0.167. The summed E-state index contributed by atoms with van der Waals surface area (Å²) in [5.41, 5.74) is 2.17. The SMILES string of the molecule is CC(NC(=O)/C=C/c1ccccc1Br)c1cccc(NS(C)(=O)=O)c1. The normalized spacial score (nSPS) is 12.8. The number of rotatable bonds is 6. The van der Waals surface area contributed by atoms with E-state index >= 15 is 0 Å². The fourth-order valence-corrected chi connectivity index (χ4v) is 3.18. The monoisotopic (exact) mass is 422 g/mol. The van der Waals surface area contributed by atoms with E-state index in [1.54, 1.807) is 24.3 Å². The lowest BCUT2D eigenvalue weighted by molar-refractivity contribution is -0.117. The molecule has 5 nitrogen and oxygen atoms in total. The average molecular weight is 423 g/mol. The number of hydrogen-bond donors (Lipinski definition) is 2. The summed E-state index contributed by atoms with van der Waals surface area (Å²) in [6.45, 7) is 1.84. The van der Waals surface area contributed by atoms with Crippen LogP contribution in [-0.4, -0.2) is 20.6 Å². The summed E-state index contributed by atoms with van der Waals surface area (Å²) < 4.78 is 26.0. The minimum atomic E-state index is -3.34. The van der Waals surface area contributed by atoms with E-state index in [1.807, 2.05) is 37.3 Å². The van der Waals surface area contributed by atoms with Gasteiger partial charge in [-0.1, -0.05) is 46.3 Å². The van der Waals surface area contributed by atoms with Gasteiger partial charge in [0.15, 0.2) is 0 Å². The minimum absolute atomic E-state index is 0.232. The highest BCUT2D eigenvalue weighted by atomic mass is 79.9. The van der Waals surface area contributed by atoms with Gasteiger partial charge >= 0.3 is 0 Å². The van der Waals surface area contributed by atoms with Crippen LogP contribution in [0.25, 0.3) is 6.08 Å². The van der Waals surface area contributed by atoms with Crippen LogP contribution in [-0.2, 0) is 14.8 Å². The number of hydrogen-bond acceptors (Lipinski definition) is 3. The molecule has 0 saturated heterocycles. The van der Waals surface area contributed by atoms with E-state index in [0.717, 1.165) is 21.9 Å². The third-order valence-electron chi connectivity index (χ3n) is 3.37. The first-order chi connectivity index (χ1) is 11.7. The maximum absolute atomic E-state index is 12.1. The fourth-order valence-electron chi connectivity index (χ4n) is 2.21. The molecule has 2 rings (SSSR count). The summed E-state index contributed by atoms with van der Waals surface area (Å²) in [7, 11) is -3.34. The van der Waals surface area contributed by atoms with Gasteiger partial charge in [-0.15, -0.1) is 0 Å². The number of sulfonamides is 1. The van der Waals surface area contributed by atoms with E-state index in [4.69, 9.17) is 0 Å². The lowest BCUT2D eigenvalue weighted by Crippen LogP contribution is -2.24. The molecule has 0 radical (unpaired) electrons. The van der Waals surface area contributed by atoms with Crippen molar-refractivity contribution in [1.29, 1.82) is 0 Å². The van der Waals surface area contributed by atoms with Gasteiger partial charge in [0.1, 0.15) is 0 Å². The maximum atomic E-state index is 12.1. The van der Waals surface area contributed by atoms with E-state index in [-0.39, 0.29) is 11.9 Å². The average Bonchev–Trinajstić information content (AvgIpc) is 2.52. The molecule has 0 aliphatic rings. The van der Waals surface area contributed by atoms with Gasteiger partial charge < -0.3 is 5.32 Å². The number of halogens is 1. The molecule has 0 spiro atoms. The highest BCUT2D eigenvalue weighted by Gasteiger charge is 2.09. The molecule has 0 aromatic heterocycles. The van der Waals surface area contributed by atoms with Crippen LogP contribution in [0.15, 0.2) is 59.1 Å². The maximum Gasteiger partial charge on any atom is 0.244 e. The zero-order chi connectivity index (χ0) is 18.4. The number of carbonyl (C=O) groups excluding carboxylic acids is 1. The molecule has 0 fully saturated rings. The third-order valence-corrected chi connectivity index (χ3v) is 4.70. The summed E-state index contributed by atoms with van der Waals surface area (Å²) in [6.07, 6.45) is 4.29. The molecule has 0 heterocycles. The van der Waals surface area contributed by atoms with Crippen molar-refractivity contribution >= 4 is 43.6 Å². The largest absolute Gasteiger partial charge is 0.346 e. The molecule has 1 unspecified atom stereocenters. The first-order valence-electron chi connectivity index (χ1n) is 7.55. The van der Waals surface area contributed by atoms with Crippen LogP contribution < -0.4 is 10.0 Å². The molecule has 2 aromatic carbocycles. The number of benzene rings is 2. The number of anilines is 1. The van der Waals surface area contributed by atoms with Crippen molar-refractivity contribution in [3.05, 3.63) is 70.2 Å². The Balaban J connectivity index is 2.04.